The zero-order valence-corrected chi connectivity index (χ0v) is 7.67. The van der Waals surface area contributed by atoms with E-state index in [1.54, 1.807) is 6.92 Å². The molecule has 1 aromatic heterocycles. The number of alkyl halides is 3. The zero-order valence-electron chi connectivity index (χ0n) is 7.67. The molecule has 0 amide bonds. The van der Waals surface area contributed by atoms with Gasteiger partial charge in [-0.15, -0.1) is 5.10 Å². The van der Waals surface area contributed by atoms with E-state index >= 15 is 0 Å². The average Bonchev–Trinajstić information content (AvgIpc) is 2.33. The highest BCUT2D eigenvalue weighted by Crippen LogP contribution is 2.21. The predicted molar refractivity (Wildman–Crippen MR) is 44.5 cm³/mol. The lowest BCUT2D eigenvalue weighted by Crippen LogP contribution is -2.10. The van der Waals surface area contributed by atoms with E-state index in [1.165, 1.54) is 4.68 Å². The lowest BCUT2D eigenvalue weighted by Gasteiger charge is -2.06. The Hall–Kier alpha value is -1.27. The number of hydrogen-bond acceptors (Lipinski definition) is 3. The monoisotopic (exact) mass is 208 g/mol. The normalized spacial score (nSPS) is 12.0. The fourth-order valence-corrected chi connectivity index (χ4v) is 1.02. The first-order valence-electron chi connectivity index (χ1n) is 4.12. The number of nitrogens with two attached hydrogens (primary N) is 1. The van der Waals surface area contributed by atoms with Crippen LogP contribution in [0.1, 0.15) is 18.5 Å². The van der Waals surface area contributed by atoms with Crippen LogP contribution in [0.15, 0.2) is 0 Å². The second kappa shape index (κ2) is 3.85. The molecule has 1 aromatic rings. The molecule has 0 aliphatic heterocycles. The standard InChI is InChI=1S/C7H11F3N4/c1-5-6(11)12-13-14(5)4-2-3-7(8,9)10/h2-4,11H2,1H3. The highest BCUT2D eigenvalue weighted by Gasteiger charge is 2.26. The third-order valence-corrected chi connectivity index (χ3v) is 1.85. The summed E-state index contributed by atoms with van der Waals surface area (Å²) in [6, 6.07) is 0. The van der Waals surface area contributed by atoms with Crippen LogP contribution in [0.5, 0.6) is 0 Å². The molecule has 0 bridgehead atoms. The number of rotatable bonds is 3. The lowest BCUT2D eigenvalue weighted by molar-refractivity contribution is -0.136. The number of halogens is 3. The second-order valence-electron chi connectivity index (χ2n) is 3.00. The van der Waals surface area contributed by atoms with Gasteiger partial charge >= 0.3 is 6.18 Å². The quantitative estimate of drug-likeness (QED) is 0.819. The van der Waals surface area contributed by atoms with Crippen LogP contribution < -0.4 is 5.73 Å². The summed E-state index contributed by atoms with van der Waals surface area (Å²) < 4.78 is 36.8. The summed E-state index contributed by atoms with van der Waals surface area (Å²) in [6.45, 7) is 1.86. The maximum Gasteiger partial charge on any atom is 0.389 e. The van der Waals surface area contributed by atoms with Gasteiger partial charge in [-0.05, 0) is 13.3 Å². The van der Waals surface area contributed by atoms with E-state index in [9.17, 15) is 13.2 Å². The Morgan fingerprint density at radius 3 is 2.50 bits per heavy atom. The fraction of sp³-hybridized carbons (Fsp3) is 0.714. The van der Waals surface area contributed by atoms with Gasteiger partial charge in [0.2, 0.25) is 0 Å². The van der Waals surface area contributed by atoms with Crippen LogP contribution in [0.3, 0.4) is 0 Å². The minimum atomic E-state index is -4.11. The summed E-state index contributed by atoms with van der Waals surface area (Å²) in [5, 5.41) is 7.15. The molecule has 0 aliphatic carbocycles. The van der Waals surface area contributed by atoms with Crippen molar-refractivity contribution in [2.45, 2.75) is 32.5 Å². The van der Waals surface area contributed by atoms with Crippen molar-refractivity contribution in [3.63, 3.8) is 0 Å². The van der Waals surface area contributed by atoms with Crippen molar-refractivity contribution in [1.29, 1.82) is 0 Å². The van der Waals surface area contributed by atoms with E-state index in [2.05, 4.69) is 10.3 Å². The molecule has 0 atom stereocenters. The summed E-state index contributed by atoms with van der Waals surface area (Å²) in [6.07, 6.45) is -4.93. The van der Waals surface area contributed by atoms with Gasteiger partial charge in [0.25, 0.3) is 0 Å². The van der Waals surface area contributed by atoms with Crippen molar-refractivity contribution >= 4 is 5.82 Å². The summed E-state index contributed by atoms with van der Waals surface area (Å²) in [7, 11) is 0. The molecule has 0 fully saturated rings. The number of aromatic nitrogens is 3. The Morgan fingerprint density at radius 2 is 2.07 bits per heavy atom. The van der Waals surface area contributed by atoms with Crippen molar-refractivity contribution in [2.75, 3.05) is 5.73 Å². The van der Waals surface area contributed by atoms with E-state index in [1.807, 2.05) is 0 Å². The van der Waals surface area contributed by atoms with Gasteiger partial charge in [0.1, 0.15) is 0 Å². The van der Waals surface area contributed by atoms with Gasteiger partial charge in [-0.3, -0.25) is 0 Å². The molecule has 2 N–H and O–H groups in total. The minimum Gasteiger partial charge on any atom is -0.381 e. The minimum absolute atomic E-state index is 0.00681. The number of aryl methyl sites for hydroxylation is 1. The highest BCUT2D eigenvalue weighted by atomic mass is 19.4. The van der Waals surface area contributed by atoms with Crippen molar-refractivity contribution in [3.05, 3.63) is 5.69 Å². The molecule has 0 aliphatic rings. The SMILES string of the molecule is Cc1c(N)nnn1CCCC(F)(F)F. The Bertz CT molecular complexity index is 304. The van der Waals surface area contributed by atoms with Crippen LogP contribution in [-0.2, 0) is 6.54 Å². The van der Waals surface area contributed by atoms with Gasteiger partial charge in [-0.25, -0.2) is 4.68 Å². The summed E-state index contributed by atoms with van der Waals surface area (Å²) >= 11 is 0. The first-order valence-corrected chi connectivity index (χ1v) is 4.12. The molecule has 0 saturated carbocycles. The average molecular weight is 208 g/mol. The van der Waals surface area contributed by atoms with E-state index in [0.29, 0.717) is 5.69 Å². The van der Waals surface area contributed by atoms with Crippen LogP contribution in [0, 0.1) is 6.92 Å². The number of nitrogens with zero attached hydrogens (tertiary/aromatic N) is 3. The topological polar surface area (TPSA) is 56.7 Å². The van der Waals surface area contributed by atoms with Gasteiger partial charge in [0, 0.05) is 13.0 Å². The van der Waals surface area contributed by atoms with Crippen LogP contribution in [0.2, 0.25) is 0 Å². The number of nitrogen functional groups attached to an aromatic ring is 1. The van der Waals surface area contributed by atoms with Gasteiger partial charge in [0.15, 0.2) is 5.82 Å². The molecular weight excluding hydrogens is 197 g/mol. The maximum absolute atomic E-state index is 11.8. The number of hydrogen-bond donors (Lipinski definition) is 1. The first-order chi connectivity index (χ1) is 6.40. The molecule has 0 radical (unpaired) electrons. The summed E-state index contributed by atoms with van der Waals surface area (Å²) in [4.78, 5) is 0. The molecule has 0 unspecified atom stereocenters. The third kappa shape index (κ3) is 2.90. The van der Waals surface area contributed by atoms with Gasteiger partial charge in [-0.1, -0.05) is 5.21 Å². The molecule has 14 heavy (non-hydrogen) atoms. The Labute approximate surface area is 78.9 Å². The maximum atomic E-state index is 11.8. The predicted octanol–water partition coefficient (Wildman–Crippen LogP) is 1.51. The first kappa shape index (κ1) is 10.8. The Morgan fingerprint density at radius 1 is 1.43 bits per heavy atom. The van der Waals surface area contributed by atoms with E-state index in [-0.39, 0.29) is 18.8 Å². The molecule has 1 rings (SSSR count). The van der Waals surface area contributed by atoms with Gasteiger partial charge in [-0.2, -0.15) is 13.2 Å². The van der Waals surface area contributed by atoms with Crippen molar-refractivity contribution in [1.82, 2.24) is 15.0 Å². The Kier molecular flexibility index (Phi) is 2.97. The van der Waals surface area contributed by atoms with Crippen LogP contribution in [0.25, 0.3) is 0 Å². The van der Waals surface area contributed by atoms with E-state index in [4.69, 9.17) is 5.73 Å². The Balaban J connectivity index is 2.43. The summed E-state index contributed by atoms with van der Waals surface area (Å²) in [5.41, 5.74) is 5.99. The van der Waals surface area contributed by atoms with Crippen molar-refractivity contribution < 1.29 is 13.2 Å². The number of anilines is 1. The van der Waals surface area contributed by atoms with Crippen molar-refractivity contribution in [2.24, 2.45) is 0 Å². The van der Waals surface area contributed by atoms with Crippen LogP contribution >= 0.6 is 0 Å². The molecule has 1 heterocycles. The van der Waals surface area contributed by atoms with Gasteiger partial charge < -0.3 is 5.73 Å². The van der Waals surface area contributed by atoms with Crippen LogP contribution in [-0.4, -0.2) is 21.2 Å². The molecule has 4 nitrogen and oxygen atoms in total. The molecule has 0 aromatic carbocycles. The zero-order chi connectivity index (χ0) is 10.8. The van der Waals surface area contributed by atoms with Crippen molar-refractivity contribution in [3.8, 4) is 0 Å². The molecule has 7 heteroatoms. The summed E-state index contributed by atoms with van der Waals surface area (Å²) in [5.74, 6) is 0.261. The molecule has 0 spiro atoms. The van der Waals surface area contributed by atoms with E-state index < -0.39 is 12.6 Å². The van der Waals surface area contributed by atoms with Crippen LogP contribution in [0.4, 0.5) is 19.0 Å². The highest BCUT2D eigenvalue weighted by molar-refractivity contribution is 5.31. The fourth-order valence-electron chi connectivity index (χ4n) is 1.02. The molecule has 80 valence electrons. The third-order valence-electron chi connectivity index (χ3n) is 1.85. The smallest absolute Gasteiger partial charge is 0.381 e. The molecule has 0 saturated heterocycles. The largest absolute Gasteiger partial charge is 0.389 e. The molecular formula is C7H11F3N4. The van der Waals surface area contributed by atoms with E-state index in [0.717, 1.165) is 0 Å². The lowest BCUT2D eigenvalue weighted by atomic mass is 10.3. The van der Waals surface area contributed by atoms with Gasteiger partial charge in [0.05, 0.1) is 5.69 Å². The second-order valence-corrected chi connectivity index (χ2v) is 3.00.